The average molecular weight is 599 g/mol. The zero-order valence-corrected chi connectivity index (χ0v) is 22.6. The number of nitrogens with zero attached hydrogens (tertiary/aromatic N) is 3. The number of halogens is 6. The van der Waals surface area contributed by atoms with Gasteiger partial charge in [0.1, 0.15) is 18.8 Å². The van der Waals surface area contributed by atoms with Gasteiger partial charge < -0.3 is 18.9 Å². The van der Waals surface area contributed by atoms with E-state index in [1.54, 1.807) is 35.2 Å². The third kappa shape index (κ3) is 5.76. The number of benzene rings is 2. The number of rotatable bonds is 7. The van der Waals surface area contributed by atoms with Crippen molar-refractivity contribution in [1.29, 1.82) is 0 Å². The quantitative estimate of drug-likeness (QED) is 0.255. The molecule has 2 aromatic carbocycles. The molecule has 5 rings (SSSR count). The number of amides is 2. The van der Waals surface area contributed by atoms with Crippen molar-refractivity contribution < 1.29 is 45.5 Å². The molecule has 1 fully saturated rings. The van der Waals surface area contributed by atoms with E-state index in [0.29, 0.717) is 29.5 Å². The molecule has 2 aliphatic heterocycles. The van der Waals surface area contributed by atoms with Crippen molar-refractivity contribution in [2.24, 2.45) is 0 Å². The molecule has 0 saturated carbocycles. The molecule has 1 aromatic heterocycles. The molecule has 0 bridgehead atoms. The van der Waals surface area contributed by atoms with Crippen LogP contribution in [0.1, 0.15) is 16.9 Å². The Hall–Kier alpha value is -3.64. The Bertz CT molecular complexity index is 1470. The van der Waals surface area contributed by atoms with E-state index < -0.39 is 55.2 Å². The highest BCUT2D eigenvalue weighted by atomic mass is 35.5. The number of hydrogen-bond donors (Lipinski definition) is 0. The Labute approximate surface area is 237 Å². The Balaban J connectivity index is 1.30. The summed E-state index contributed by atoms with van der Waals surface area (Å²) in [6.07, 6.45) is -4.17. The number of quaternary nitrogens is 1. The number of alkyl halides is 5. The molecule has 1 unspecified atom stereocenters. The van der Waals surface area contributed by atoms with Crippen LogP contribution in [0.15, 0.2) is 54.7 Å². The van der Waals surface area contributed by atoms with E-state index in [9.17, 15) is 31.5 Å². The van der Waals surface area contributed by atoms with Crippen LogP contribution in [0.3, 0.4) is 0 Å². The summed E-state index contributed by atoms with van der Waals surface area (Å²) in [5, 5.41) is 0.606. The van der Waals surface area contributed by atoms with Gasteiger partial charge in [-0.2, -0.15) is 13.2 Å². The standard InChI is InChI=1S/C28H26ClF5N3O4/c1-40-24-15-21(36-10-9-35-16-19(14-22(35)25(36)38)18-2-4-20(29)5-3-18)6-7-23(24)41-13-12-37(26(39)28(32,33)34)11-8-27(30,31)17-37/h2-7,14-16H,8-13,17H2,1H3/q+1. The number of carbonyl (C=O) groups is 2. The number of aromatic nitrogens is 1. The van der Waals surface area contributed by atoms with Gasteiger partial charge in [0.25, 0.3) is 5.91 Å². The molecule has 2 aliphatic rings. The molecular weight excluding hydrogens is 573 g/mol. The van der Waals surface area contributed by atoms with Gasteiger partial charge in [0, 0.05) is 41.6 Å². The summed E-state index contributed by atoms with van der Waals surface area (Å²) < 4.78 is 78.8. The topological polar surface area (TPSA) is 60.8 Å². The Kier molecular flexibility index (Phi) is 7.49. The highest BCUT2D eigenvalue weighted by Crippen LogP contribution is 2.38. The van der Waals surface area contributed by atoms with E-state index in [1.807, 2.05) is 22.9 Å². The predicted octanol–water partition coefficient (Wildman–Crippen LogP) is 5.80. The first-order chi connectivity index (χ1) is 19.3. The van der Waals surface area contributed by atoms with Gasteiger partial charge in [0.05, 0.1) is 20.1 Å². The fourth-order valence-electron chi connectivity index (χ4n) is 5.36. The maximum atomic E-state index is 13.9. The Morgan fingerprint density at radius 1 is 1.05 bits per heavy atom. The first kappa shape index (κ1) is 28.9. The summed E-state index contributed by atoms with van der Waals surface area (Å²) in [7, 11) is 1.36. The molecule has 1 saturated heterocycles. The first-order valence-electron chi connectivity index (χ1n) is 12.8. The summed E-state index contributed by atoms with van der Waals surface area (Å²) in [6, 6.07) is 13.7. The second-order valence-electron chi connectivity index (χ2n) is 10.1. The monoisotopic (exact) mass is 598 g/mol. The van der Waals surface area contributed by atoms with Crippen molar-refractivity contribution in [3.63, 3.8) is 0 Å². The molecule has 218 valence electrons. The van der Waals surface area contributed by atoms with Gasteiger partial charge in [-0.05, 0) is 35.9 Å². The third-order valence-corrected chi connectivity index (χ3v) is 7.70. The van der Waals surface area contributed by atoms with Crippen LogP contribution in [-0.4, -0.2) is 72.9 Å². The van der Waals surface area contributed by atoms with Gasteiger partial charge >= 0.3 is 18.0 Å². The number of carbonyl (C=O) groups excluding carboxylic acids is 2. The molecule has 7 nitrogen and oxygen atoms in total. The zero-order valence-electron chi connectivity index (χ0n) is 21.9. The lowest BCUT2D eigenvalue weighted by atomic mass is 10.1. The van der Waals surface area contributed by atoms with Crippen molar-refractivity contribution in [1.82, 2.24) is 4.57 Å². The third-order valence-electron chi connectivity index (χ3n) is 7.45. The molecule has 0 spiro atoms. The molecule has 0 aliphatic carbocycles. The van der Waals surface area contributed by atoms with E-state index in [1.165, 1.54) is 13.2 Å². The lowest BCUT2D eigenvalue weighted by Crippen LogP contribution is -2.59. The van der Waals surface area contributed by atoms with Crippen molar-refractivity contribution in [2.45, 2.75) is 25.1 Å². The summed E-state index contributed by atoms with van der Waals surface area (Å²) in [6.45, 7) is -1.98. The predicted molar refractivity (Wildman–Crippen MR) is 141 cm³/mol. The van der Waals surface area contributed by atoms with Crippen LogP contribution in [0.5, 0.6) is 11.5 Å². The lowest BCUT2D eigenvalue weighted by Gasteiger charge is -2.31. The maximum Gasteiger partial charge on any atom is 0.509 e. The summed E-state index contributed by atoms with van der Waals surface area (Å²) in [5.41, 5.74) is 2.78. The SMILES string of the molecule is COc1cc(N2CCn3cc(-c4ccc(Cl)cc4)cc3C2=O)ccc1OCC[N+]1(C(=O)C(F)(F)F)CCC(F)(F)C1. The molecule has 2 amide bonds. The minimum absolute atomic E-state index is 0.137. The van der Waals surface area contributed by atoms with Gasteiger partial charge in [-0.25, -0.2) is 18.1 Å². The molecular formula is C28H26ClF5N3O4+. The number of fused-ring (bicyclic) bond motifs is 1. The van der Waals surface area contributed by atoms with Crippen LogP contribution < -0.4 is 14.4 Å². The van der Waals surface area contributed by atoms with Crippen molar-refractivity contribution >= 4 is 29.1 Å². The highest BCUT2D eigenvalue weighted by molar-refractivity contribution is 6.30. The number of anilines is 1. The maximum absolute atomic E-state index is 13.9. The fraction of sp³-hybridized carbons (Fsp3) is 0.357. The normalized spacial score (nSPS) is 20.2. The highest BCUT2D eigenvalue weighted by Gasteiger charge is 2.62. The molecule has 3 heterocycles. The van der Waals surface area contributed by atoms with E-state index in [-0.39, 0.29) is 17.4 Å². The average Bonchev–Trinajstić information content (AvgIpc) is 3.50. The minimum atomic E-state index is -5.25. The van der Waals surface area contributed by atoms with Gasteiger partial charge in [-0.3, -0.25) is 4.79 Å². The molecule has 0 N–H and O–H groups in total. The van der Waals surface area contributed by atoms with E-state index >= 15 is 0 Å². The van der Waals surface area contributed by atoms with Crippen LogP contribution in [0.4, 0.5) is 27.6 Å². The van der Waals surface area contributed by atoms with Crippen LogP contribution in [0.2, 0.25) is 5.02 Å². The van der Waals surface area contributed by atoms with Crippen molar-refractivity contribution in [3.8, 4) is 22.6 Å². The van der Waals surface area contributed by atoms with Crippen LogP contribution in [-0.2, 0) is 11.3 Å². The zero-order chi connectivity index (χ0) is 29.6. The Morgan fingerprint density at radius 2 is 1.78 bits per heavy atom. The second-order valence-corrected chi connectivity index (χ2v) is 10.6. The molecule has 13 heteroatoms. The van der Waals surface area contributed by atoms with Crippen molar-refractivity contribution in [3.05, 3.63) is 65.4 Å². The van der Waals surface area contributed by atoms with Crippen LogP contribution in [0, 0.1) is 0 Å². The van der Waals surface area contributed by atoms with E-state index in [0.717, 1.165) is 11.1 Å². The minimum Gasteiger partial charge on any atom is -0.493 e. The van der Waals surface area contributed by atoms with Crippen LogP contribution >= 0.6 is 11.6 Å². The summed E-state index contributed by atoms with van der Waals surface area (Å²) in [5.74, 6) is -5.50. The smallest absolute Gasteiger partial charge is 0.493 e. The van der Waals surface area contributed by atoms with Gasteiger partial charge in [0.15, 0.2) is 18.0 Å². The van der Waals surface area contributed by atoms with Crippen molar-refractivity contribution in [2.75, 3.05) is 44.8 Å². The molecule has 0 radical (unpaired) electrons. The largest absolute Gasteiger partial charge is 0.509 e. The Morgan fingerprint density at radius 3 is 2.41 bits per heavy atom. The summed E-state index contributed by atoms with van der Waals surface area (Å²) >= 11 is 5.98. The van der Waals surface area contributed by atoms with Gasteiger partial charge in [-0.1, -0.05) is 23.7 Å². The number of likely N-dealkylation sites (tertiary alicyclic amines) is 1. The van der Waals surface area contributed by atoms with E-state index in [2.05, 4.69) is 0 Å². The lowest BCUT2D eigenvalue weighted by molar-refractivity contribution is -0.851. The van der Waals surface area contributed by atoms with Gasteiger partial charge in [0.2, 0.25) is 0 Å². The van der Waals surface area contributed by atoms with Crippen LogP contribution in [0.25, 0.3) is 11.1 Å². The molecule has 41 heavy (non-hydrogen) atoms. The number of ether oxygens (including phenoxy) is 2. The number of methoxy groups -OCH3 is 1. The summed E-state index contributed by atoms with van der Waals surface area (Å²) in [4.78, 5) is 27.0. The molecule has 3 aromatic rings. The van der Waals surface area contributed by atoms with Gasteiger partial charge in [-0.15, -0.1) is 0 Å². The first-order valence-corrected chi connectivity index (χ1v) is 13.1. The second kappa shape index (κ2) is 10.6. The number of hydrogen-bond acceptors (Lipinski definition) is 4. The molecule has 1 atom stereocenters. The van der Waals surface area contributed by atoms with E-state index in [4.69, 9.17) is 21.1 Å². The fourth-order valence-corrected chi connectivity index (χ4v) is 5.48.